The predicted molar refractivity (Wildman–Crippen MR) is 107 cm³/mol. The standard InChI is InChI=1S/C19H22N4O5S/c1-14(24)21-16-7-9-17(10-8-16)29(27,28)23-22-19(26)12-11-18(25)20-13-15-5-3-2-4-6-15/h2-10,23H,11-13H2,1H3,(H,20,25)(H,21,24)(H,22,26). The number of hydrazine groups is 1. The summed E-state index contributed by atoms with van der Waals surface area (Å²) >= 11 is 0. The third-order valence-electron chi connectivity index (χ3n) is 3.72. The van der Waals surface area contributed by atoms with Gasteiger partial charge in [-0.1, -0.05) is 30.3 Å². The normalized spacial score (nSPS) is 10.8. The molecule has 0 aliphatic rings. The molecule has 0 unspecified atom stereocenters. The Morgan fingerprint density at radius 1 is 0.862 bits per heavy atom. The van der Waals surface area contributed by atoms with Crippen molar-refractivity contribution in [2.24, 2.45) is 0 Å². The first-order valence-electron chi connectivity index (χ1n) is 8.75. The first kappa shape index (κ1) is 22.1. The van der Waals surface area contributed by atoms with E-state index in [4.69, 9.17) is 0 Å². The van der Waals surface area contributed by atoms with Crippen molar-refractivity contribution < 1.29 is 22.8 Å². The van der Waals surface area contributed by atoms with Crippen molar-refractivity contribution in [2.75, 3.05) is 5.32 Å². The summed E-state index contributed by atoms with van der Waals surface area (Å²) in [7, 11) is -3.98. The minimum Gasteiger partial charge on any atom is -0.352 e. The number of benzene rings is 2. The first-order chi connectivity index (χ1) is 13.8. The maximum atomic E-state index is 12.2. The number of rotatable bonds is 9. The minimum atomic E-state index is -3.98. The second-order valence-electron chi connectivity index (χ2n) is 6.12. The molecular formula is C19H22N4O5S. The number of anilines is 1. The molecule has 2 aromatic rings. The molecule has 2 rings (SSSR count). The lowest BCUT2D eigenvalue weighted by Gasteiger charge is -2.09. The van der Waals surface area contributed by atoms with E-state index in [1.165, 1.54) is 31.2 Å². The molecule has 0 saturated heterocycles. The van der Waals surface area contributed by atoms with Gasteiger partial charge >= 0.3 is 0 Å². The number of carbonyl (C=O) groups is 3. The fraction of sp³-hybridized carbons (Fsp3) is 0.211. The molecule has 0 saturated carbocycles. The lowest BCUT2D eigenvalue weighted by Crippen LogP contribution is -2.41. The summed E-state index contributed by atoms with van der Waals surface area (Å²) in [4.78, 5) is 36.5. The van der Waals surface area contributed by atoms with Crippen molar-refractivity contribution in [1.82, 2.24) is 15.6 Å². The molecule has 3 amide bonds. The number of carbonyl (C=O) groups excluding carboxylic acids is 3. The van der Waals surface area contributed by atoms with E-state index in [0.717, 1.165) is 5.56 Å². The highest BCUT2D eigenvalue weighted by Crippen LogP contribution is 2.13. The van der Waals surface area contributed by atoms with Crippen molar-refractivity contribution in [3.05, 3.63) is 60.2 Å². The molecule has 0 heterocycles. The summed E-state index contributed by atoms with van der Waals surface area (Å²) in [5.74, 6) is -1.24. The number of amides is 3. The Hall–Kier alpha value is -3.24. The summed E-state index contributed by atoms with van der Waals surface area (Å²) in [6, 6.07) is 14.7. The fourth-order valence-corrected chi connectivity index (χ4v) is 3.14. The van der Waals surface area contributed by atoms with Crippen LogP contribution in [0.4, 0.5) is 5.69 Å². The molecule has 29 heavy (non-hydrogen) atoms. The van der Waals surface area contributed by atoms with Crippen LogP contribution in [0.5, 0.6) is 0 Å². The SMILES string of the molecule is CC(=O)Nc1ccc(S(=O)(=O)NNC(=O)CCC(=O)NCc2ccccc2)cc1. The first-order valence-corrected chi connectivity index (χ1v) is 10.2. The summed E-state index contributed by atoms with van der Waals surface area (Å²) in [5.41, 5.74) is 3.45. The van der Waals surface area contributed by atoms with E-state index >= 15 is 0 Å². The van der Waals surface area contributed by atoms with Crippen LogP contribution in [0.25, 0.3) is 0 Å². The van der Waals surface area contributed by atoms with Gasteiger partial charge in [0.25, 0.3) is 10.0 Å². The Kier molecular flexibility index (Phi) is 7.87. The summed E-state index contributed by atoms with van der Waals surface area (Å²) in [6.45, 7) is 1.69. The van der Waals surface area contributed by atoms with Gasteiger partial charge in [0.2, 0.25) is 17.7 Å². The zero-order chi connectivity index (χ0) is 21.3. The van der Waals surface area contributed by atoms with E-state index in [9.17, 15) is 22.8 Å². The van der Waals surface area contributed by atoms with Gasteiger partial charge in [0.1, 0.15) is 0 Å². The Morgan fingerprint density at radius 3 is 2.10 bits per heavy atom. The second-order valence-corrected chi connectivity index (χ2v) is 7.80. The van der Waals surface area contributed by atoms with E-state index in [1.54, 1.807) is 0 Å². The topological polar surface area (TPSA) is 133 Å². The lowest BCUT2D eigenvalue weighted by atomic mass is 10.2. The fourth-order valence-electron chi connectivity index (χ4n) is 2.28. The van der Waals surface area contributed by atoms with Crippen molar-refractivity contribution >= 4 is 33.4 Å². The Labute approximate surface area is 168 Å². The van der Waals surface area contributed by atoms with E-state index < -0.39 is 15.9 Å². The second kappa shape index (κ2) is 10.3. The van der Waals surface area contributed by atoms with Gasteiger partial charge in [-0.05, 0) is 29.8 Å². The number of sulfonamides is 1. The lowest BCUT2D eigenvalue weighted by molar-refractivity contribution is -0.126. The van der Waals surface area contributed by atoms with Crippen LogP contribution in [0.3, 0.4) is 0 Å². The van der Waals surface area contributed by atoms with Gasteiger partial charge in [-0.2, -0.15) is 0 Å². The molecule has 0 bridgehead atoms. The molecule has 10 heteroatoms. The predicted octanol–water partition coefficient (Wildman–Crippen LogP) is 1.05. The largest absolute Gasteiger partial charge is 0.352 e. The molecule has 0 fully saturated rings. The van der Waals surface area contributed by atoms with Crippen molar-refractivity contribution in [1.29, 1.82) is 0 Å². The van der Waals surface area contributed by atoms with Crippen LogP contribution < -0.4 is 20.9 Å². The van der Waals surface area contributed by atoms with Gasteiger partial charge < -0.3 is 10.6 Å². The monoisotopic (exact) mass is 418 g/mol. The van der Waals surface area contributed by atoms with Gasteiger partial charge in [0.15, 0.2) is 0 Å². The molecular weight excluding hydrogens is 396 g/mol. The Balaban J connectivity index is 1.75. The number of hydrogen-bond acceptors (Lipinski definition) is 5. The summed E-state index contributed by atoms with van der Waals surface area (Å²) < 4.78 is 24.4. The van der Waals surface area contributed by atoms with Crippen LogP contribution in [-0.4, -0.2) is 26.1 Å². The van der Waals surface area contributed by atoms with Crippen LogP contribution >= 0.6 is 0 Å². The molecule has 0 radical (unpaired) electrons. The van der Waals surface area contributed by atoms with Gasteiger partial charge in [-0.25, -0.2) is 8.42 Å². The molecule has 0 aromatic heterocycles. The van der Waals surface area contributed by atoms with Crippen LogP contribution in [0.1, 0.15) is 25.3 Å². The average Bonchev–Trinajstić information content (AvgIpc) is 2.70. The molecule has 9 nitrogen and oxygen atoms in total. The van der Waals surface area contributed by atoms with E-state index in [-0.39, 0.29) is 29.6 Å². The van der Waals surface area contributed by atoms with Crippen molar-refractivity contribution in [3.63, 3.8) is 0 Å². The van der Waals surface area contributed by atoms with Gasteiger partial charge in [0.05, 0.1) is 4.90 Å². The number of nitrogens with one attached hydrogen (secondary N) is 4. The third kappa shape index (κ3) is 7.72. The van der Waals surface area contributed by atoms with Gasteiger partial charge in [0, 0.05) is 32.0 Å². The molecule has 0 aliphatic heterocycles. The van der Waals surface area contributed by atoms with Crippen LogP contribution in [0.15, 0.2) is 59.5 Å². The molecule has 0 aliphatic carbocycles. The smallest absolute Gasteiger partial charge is 0.257 e. The highest BCUT2D eigenvalue weighted by atomic mass is 32.2. The summed E-state index contributed by atoms with van der Waals surface area (Å²) in [6.07, 6.45) is -0.254. The van der Waals surface area contributed by atoms with Crippen LogP contribution in [-0.2, 0) is 31.0 Å². The quantitative estimate of drug-likeness (QED) is 0.452. The molecule has 0 spiro atoms. The maximum Gasteiger partial charge on any atom is 0.257 e. The van der Waals surface area contributed by atoms with E-state index in [2.05, 4.69) is 16.1 Å². The average molecular weight is 418 g/mol. The molecule has 2 aromatic carbocycles. The molecule has 0 atom stereocenters. The van der Waals surface area contributed by atoms with Crippen LogP contribution in [0.2, 0.25) is 0 Å². The Morgan fingerprint density at radius 2 is 1.48 bits per heavy atom. The molecule has 4 N–H and O–H groups in total. The third-order valence-corrected chi connectivity index (χ3v) is 4.98. The van der Waals surface area contributed by atoms with Gasteiger partial charge in [-0.15, -0.1) is 4.83 Å². The molecule has 154 valence electrons. The minimum absolute atomic E-state index is 0.0776. The zero-order valence-electron chi connectivity index (χ0n) is 15.8. The van der Waals surface area contributed by atoms with Crippen molar-refractivity contribution in [2.45, 2.75) is 31.2 Å². The Bertz CT molecular complexity index is 960. The van der Waals surface area contributed by atoms with Gasteiger partial charge in [-0.3, -0.25) is 19.8 Å². The van der Waals surface area contributed by atoms with E-state index in [0.29, 0.717) is 12.2 Å². The van der Waals surface area contributed by atoms with Crippen LogP contribution in [0, 0.1) is 0 Å². The maximum absolute atomic E-state index is 12.2. The van der Waals surface area contributed by atoms with Crippen molar-refractivity contribution in [3.8, 4) is 0 Å². The highest BCUT2D eigenvalue weighted by Gasteiger charge is 2.15. The summed E-state index contributed by atoms with van der Waals surface area (Å²) in [5, 5.41) is 5.20. The zero-order valence-corrected chi connectivity index (χ0v) is 16.6. The number of hydrogen-bond donors (Lipinski definition) is 4. The highest BCUT2D eigenvalue weighted by molar-refractivity contribution is 7.89. The van der Waals surface area contributed by atoms with E-state index in [1.807, 2.05) is 35.2 Å².